The van der Waals surface area contributed by atoms with Crippen LogP contribution in [0.5, 0.6) is 0 Å². The number of benzene rings is 2. The van der Waals surface area contributed by atoms with Gasteiger partial charge in [-0.1, -0.05) is 36.4 Å². The Labute approximate surface area is 177 Å². The number of nitrogens with zero attached hydrogens (tertiary/aromatic N) is 4. The topological polar surface area (TPSA) is 74.6 Å². The van der Waals surface area contributed by atoms with Crippen molar-refractivity contribution in [3.63, 3.8) is 0 Å². The van der Waals surface area contributed by atoms with Crippen molar-refractivity contribution >= 4 is 11.9 Å². The summed E-state index contributed by atoms with van der Waals surface area (Å²) in [5, 5.41) is 11.0. The number of hydrogen-bond donors (Lipinski definition) is 2. The summed E-state index contributed by atoms with van der Waals surface area (Å²) in [4.78, 5) is 17.9. The standard InChI is InChI=1S/C23H28N6O/c1-24-23(25-15-18-9-11-19(12-10-18)22(30)28(2)3)26-16-20-7-4-5-8-21(20)17-29-14-6-13-27-29/h4-14H,15-17H2,1-3H3,(H2,24,25,26). The van der Waals surface area contributed by atoms with E-state index >= 15 is 0 Å². The molecule has 2 N–H and O–H groups in total. The van der Waals surface area contributed by atoms with E-state index in [1.54, 1.807) is 32.2 Å². The molecule has 1 aromatic heterocycles. The van der Waals surface area contributed by atoms with Crippen LogP contribution in [0.3, 0.4) is 0 Å². The molecule has 0 bridgehead atoms. The quantitative estimate of drug-likeness (QED) is 0.469. The van der Waals surface area contributed by atoms with Gasteiger partial charge in [0.25, 0.3) is 5.91 Å². The van der Waals surface area contributed by atoms with Gasteiger partial charge in [-0.15, -0.1) is 0 Å². The summed E-state index contributed by atoms with van der Waals surface area (Å²) in [5.41, 5.74) is 4.17. The molecule has 156 valence electrons. The number of amides is 1. The van der Waals surface area contributed by atoms with E-state index in [0.29, 0.717) is 18.7 Å². The zero-order valence-electron chi connectivity index (χ0n) is 17.7. The van der Waals surface area contributed by atoms with Gasteiger partial charge in [0, 0.05) is 52.2 Å². The van der Waals surface area contributed by atoms with Gasteiger partial charge >= 0.3 is 0 Å². The Morgan fingerprint density at radius 1 is 1.00 bits per heavy atom. The highest BCUT2D eigenvalue weighted by Crippen LogP contribution is 2.10. The van der Waals surface area contributed by atoms with Gasteiger partial charge in [0.2, 0.25) is 0 Å². The van der Waals surface area contributed by atoms with E-state index in [-0.39, 0.29) is 5.91 Å². The van der Waals surface area contributed by atoms with Gasteiger partial charge in [0.1, 0.15) is 0 Å². The average Bonchev–Trinajstić information content (AvgIpc) is 3.28. The van der Waals surface area contributed by atoms with Gasteiger partial charge in [-0.3, -0.25) is 14.5 Å². The Hall–Kier alpha value is -3.61. The summed E-state index contributed by atoms with van der Waals surface area (Å²) < 4.78 is 1.91. The molecule has 1 heterocycles. The molecule has 3 rings (SSSR count). The molecule has 0 spiro atoms. The Kier molecular flexibility index (Phi) is 7.21. The molecule has 2 aromatic carbocycles. The summed E-state index contributed by atoms with van der Waals surface area (Å²) in [5.74, 6) is 0.720. The third-order valence-corrected chi connectivity index (χ3v) is 4.75. The van der Waals surface area contributed by atoms with E-state index in [0.717, 1.165) is 18.1 Å². The third-order valence-electron chi connectivity index (χ3n) is 4.75. The van der Waals surface area contributed by atoms with Gasteiger partial charge in [0.15, 0.2) is 5.96 Å². The smallest absolute Gasteiger partial charge is 0.253 e. The van der Waals surface area contributed by atoms with E-state index in [1.165, 1.54) is 11.1 Å². The molecule has 30 heavy (non-hydrogen) atoms. The van der Waals surface area contributed by atoms with Crippen LogP contribution in [0.1, 0.15) is 27.0 Å². The zero-order chi connectivity index (χ0) is 21.3. The number of aromatic nitrogens is 2. The lowest BCUT2D eigenvalue weighted by atomic mass is 10.1. The van der Waals surface area contributed by atoms with Gasteiger partial charge in [0.05, 0.1) is 6.54 Å². The summed E-state index contributed by atoms with van der Waals surface area (Å²) in [6.07, 6.45) is 3.75. The first-order valence-corrected chi connectivity index (χ1v) is 9.86. The number of hydrogen-bond acceptors (Lipinski definition) is 3. The van der Waals surface area contributed by atoms with Crippen LogP contribution in [0.15, 0.2) is 72.0 Å². The zero-order valence-corrected chi connectivity index (χ0v) is 17.7. The largest absolute Gasteiger partial charge is 0.352 e. The van der Waals surface area contributed by atoms with Gasteiger partial charge in [-0.25, -0.2) is 0 Å². The van der Waals surface area contributed by atoms with Crippen LogP contribution < -0.4 is 10.6 Å². The number of carbonyl (C=O) groups is 1. The minimum absolute atomic E-state index is 0.000706. The minimum atomic E-state index is 0.000706. The fourth-order valence-electron chi connectivity index (χ4n) is 3.06. The van der Waals surface area contributed by atoms with Gasteiger partial charge < -0.3 is 15.5 Å². The average molecular weight is 405 g/mol. The molecule has 0 atom stereocenters. The first-order valence-electron chi connectivity index (χ1n) is 9.86. The van der Waals surface area contributed by atoms with E-state index in [2.05, 4.69) is 32.9 Å². The molecule has 0 fully saturated rings. The Morgan fingerprint density at radius 3 is 2.33 bits per heavy atom. The highest BCUT2D eigenvalue weighted by molar-refractivity contribution is 5.93. The fourth-order valence-corrected chi connectivity index (χ4v) is 3.06. The van der Waals surface area contributed by atoms with E-state index < -0.39 is 0 Å². The molecular weight excluding hydrogens is 376 g/mol. The molecular formula is C23H28N6O. The summed E-state index contributed by atoms with van der Waals surface area (Å²) in [6, 6.07) is 17.8. The number of guanidine groups is 1. The molecule has 0 aliphatic heterocycles. The van der Waals surface area contributed by atoms with Crippen LogP contribution in [0.2, 0.25) is 0 Å². The first-order chi connectivity index (χ1) is 14.6. The Morgan fingerprint density at radius 2 is 1.70 bits per heavy atom. The van der Waals surface area contributed by atoms with Crippen LogP contribution in [0.4, 0.5) is 0 Å². The highest BCUT2D eigenvalue weighted by atomic mass is 16.2. The number of aliphatic imine (C=N–C) groups is 1. The molecule has 0 aliphatic carbocycles. The minimum Gasteiger partial charge on any atom is -0.352 e. The van der Waals surface area contributed by atoms with Crippen LogP contribution >= 0.6 is 0 Å². The van der Waals surface area contributed by atoms with Crippen molar-refractivity contribution in [2.24, 2.45) is 4.99 Å². The maximum absolute atomic E-state index is 12.0. The highest BCUT2D eigenvalue weighted by Gasteiger charge is 2.08. The van der Waals surface area contributed by atoms with E-state index in [9.17, 15) is 4.79 Å². The first kappa shape index (κ1) is 21.1. The molecule has 1 amide bonds. The van der Waals surface area contributed by atoms with Crippen LogP contribution in [-0.2, 0) is 19.6 Å². The van der Waals surface area contributed by atoms with Gasteiger partial charge in [-0.2, -0.15) is 5.10 Å². The second kappa shape index (κ2) is 10.2. The van der Waals surface area contributed by atoms with Crippen molar-refractivity contribution in [2.45, 2.75) is 19.6 Å². The second-order valence-electron chi connectivity index (χ2n) is 7.15. The molecule has 7 nitrogen and oxygen atoms in total. The lowest BCUT2D eigenvalue weighted by Crippen LogP contribution is -2.36. The van der Waals surface area contributed by atoms with Crippen molar-refractivity contribution in [1.82, 2.24) is 25.3 Å². The van der Waals surface area contributed by atoms with Gasteiger partial charge in [-0.05, 0) is 34.9 Å². The Bertz CT molecular complexity index is 977. The SMILES string of the molecule is CN=C(NCc1ccc(C(=O)N(C)C)cc1)NCc1ccccc1Cn1cccn1. The maximum Gasteiger partial charge on any atom is 0.253 e. The summed E-state index contributed by atoms with van der Waals surface area (Å²) >= 11 is 0. The monoisotopic (exact) mass is 404 g/mol. The Balaban J connectivity index is 1.55. The predicted octanol–water partition coefficient (Wildman–Crippen LogP) is 2.50. The number of carbonyl (C=O) groups excluding carboxylic acids is 1. The van der Waals surface area contributed by atoms with Crippen molar-refractivity contribution in [1.29, 1.82) is 0 Å². The predicted molar refractivity (Wildman–Crippen MR) is 119 cm³/mol. The number of nitrogens with one attached hydrogen (secondary N) is 2. The summed E-state index contributed by atoms with van der Waals surface area (Å²) in [6.45, 7) is 2.01. The van der Waals surface area contributed by atoms with E-state index in [4.69, 9.17) is 0 Å². The summed E-state index contributed by atoms with van der Waals surface area (Å²) in [7, 11) is 5.26. The lowest BCUT2D eigenvalue weighted by Gasteiger charge is -2.15. The molecule has 3 aromatic rings. The van der Waals surface area contributed by atoms with Crippen LogP contribution in [-0.4, -0.2) is 47.7 Å². The third kappa shape index (κ3) is 5.70. The maximum atomic E-state index is 12.0. The molecule has 7 heteroatoms. The molecule has 0 aliphatic rings. The van der Waals surface area contributed by atoms with Crippen molar-refractivity contribution in [3.8, 4) is 0 Å². The van der Waals surface area contributed by atoms with Crippen LogP contribution in [0, 0.1) is 0 Å². The molecule has 0 unspecified atom stereocenters. The van der Waals surface area contributed by atoms with Crippen molar-refractivity contribution < 1.29 is 4.79 Å². The van der Waals surface area contributed by atoms with Crippen LogP contribution in [0.25, 0.3) is 0 Å². The molecule has 0 saturated carbocycles. The fraction of sp³-hybridized carbons (Fsp3) is 0.261. The van der Waals surface area contributed by atoms with E-state index in [1.807, 2.05) is 53.3 Å². The molecule has 0 radical (unpaired) electrons. The lowest BCUT2D eigenvalue weighted by molar-refractivity contribution is 0.0827. The normalized spacial score (nSPS) is 11.2. The van der Waals surface area contributed by atoms with Crippen molar-refractivity contribution in [3.05, 3.63) is 89.2 Å². The molecule has 0 saturated heterocycles. The number of rotatable bonds is 7. The second-order valence-corrected chi connectivity index (χ2v) is 7.15. The van der Waals surface area contributed by atoms with Crippen molar-refractivity contribution in [2.75, 3.05) is 21.1 Å².